The van der Waals surface area contributed by atoms with E-state index in [0.717, 1.165) is 63.2 Å². The largest absolute Gasteiger partial charge is 0.494 e. The van der Waals surface area contributed by atoms with Crippen LogP contribution in [0.2, 0.25) is 0 Å². The molecule has 0 N–H and O–H groups in total. The Labute approximate surface area is 314 Å². The highest BCUT2D eigenvalue weighted by atomic mass is 32.1. The number of thiophene rings is 1. The molecule has 2 aromatic carbocycles. The highest BCUT2D eigenvalue weighted by Crippen LogP contribution is 2.39. The summed E-state index contributed by atoms with van der Waals surface area (Å²) in [6.45, 7) is 10.2. The number of esters is 2. The average molecular weight is 747 g/mol. The molecule has 0 aliphatic heterocycles. The van der Waals surface area contributed by atoms with Gasteiger partial charge in [0.25, 0.3) is 0 Å². The molecular weight excluding hydrogens is 697 g/mol. The summed E-state index contributed by atoms with van der Waals surface area (Å²) in [6.07, 6.45) is 13.5. The first-order valence-electron chi connectivity index (χ1n) is 18.2. The number of benzene rings is 2. The zero-order chi connectivity index (χ0) is 36.8. The second kappa shape index (κ2) is 23.1. The smallest absolute Gasteiger partial charge is 0.330 e. The van der Waals surface area contributed by atoms with Crippen LogP contribution >= 0.6 is 22.7 Å². The second-order valence-electron chi connectivity index (χ2n) is 12.1. The van der Waals surface area contributed by atoms with Crippen molar-refractivity contribution in [3.63, 3.8) is 0 Å². The van der Waals surface area contributed by atoms with Gasteiger partial charge in [0.1, 0.15) is 22.2 Å². The molecule has 2 heterocycles. The minimum Gasteiger partial charge on any atom is -0.494 e. The van der Waals surface area contributed by atoms with Crippen molar-refractivity contribution < 1.29 is 23.8 Å². The van der Waals surface area contributed by atoms with Crippen LogP contribution in [0.15, 0.2) is 87.7 Å². The molecule has 0 fully saturated rings. The van der Waals surface area contributed by atoms with E-state index in [4.69, 9.17) is 14.2 Å². The number of likely N-dealkylation sites (N-methyl/N-ethyl adjacent to an activating group) is 1. The van der Waals surface area contributed by atoms with Gasteiger partial charge in [-0.15, -0.1) is 20.5 Å². The van der Waals surface area contributed by atoms with Gasteiger partial charge in [0.2, 0.25) is 5.13 Å². The van der Waals surface area contributed by atoms with Crippen molar-refractivity contribution in [1.82, 2.24) is 4.98 Å². The van der Waals surface area contributed by atoms with E-state index in [1.165, 1.54) is 73.7 Å². The molecular formula is C39H50N6O5S2. The van der Waals surface area contributed by atoms with Crippen molar-refractivity contribution in [3.05, 3.63) is 67.3 Å². The number of nitrogens with zero attached hydrogens (tertiary/aromatic N) is 6. The molecule has 13 heteroatoms. The van der Waals surface area contributed by atoms with Crippen LogP contribution in [0.4, 0.5) is 27.2 Å². The van der Waals surface area contributed by atoms with E-state index < -0.39 is 5.97 Å². The lowest BCUT2D eigenvalue weighted by atomic mass is 10.1. The van der Waals surface area contributed by atoms with Crippen molar-refractivity contribution in [2.75, 3.05) is 37.8 Å². The standard InChI is InChI=1S/C39H50N6O5S2/c1-4-36(46)49-27-16-14-12-10-8-7-9-11-13-15-26-48-33-23-19-31(20-24-33)41-43-35-29-34-38(52-35)40-39(51-34)44-42-30-17-21-32(22-18-30)45(6-3)25-28-50-37(47)5-2/h5,17-24,29H,2,4,6-16,25-28H2,1,3H3. The quantitative estimate of drug-likeness (QED) is 0.0286. The molecule has 52 heavy (non-hydrogen) atoms. The van der Waals surface area contributed by atoms with Gasteiger partial charge in [-0.1, -0.05) is 87.5 Å². The number of unbranched alkanes of at least 4 members (excludes halogenated alkanes) is 9. The van der Waals surface area contributed by atoms with E-state index in [-0.39, 0.29) is 5.97 Å². The van der Waals surface area contributed by atoms with Gasteiger partial charge in [-0.2, -0.15) is 0 Å². The number of azo groups is 2. The Bertz CT molecular complexity index is 1690. The number of carbonyl (C=O) groups excluding carboxylic acids is 2. The molecule has 11 nitrogen and oxygen atoms in total. The Morgan fingerprint density at radius 1 is 0.750 bits per heavy atom. The van der Waals surface area contributed by atoms with Crippen molar-refractivity contribution >= 4 is 71.3 Å². The summed E-state index contributed by atoms with van der Waals surface area (Å²) in [4.78, 5) is 30.0. The molecule has 0 atom stereocenters. The molecule has 0 bridgehead atoms. The fourth-order valence-corrected chi connectivity index (χ4v) is 7.08. The number of thiazole rings is 1. The van der Waals surface area contributed by atoms with Crippen molar-refractivity contribution in [1.29, 1.82) is 0 Å². The Morgan fingerprint density at radius 2 is 1.37 bits per heavy atom. The maximum absolute atomic E-state index is 11.3. The average Bonchev–Trinajstić information content (AvgIpc) is 3.74. The van der Waals surface area contributed by atoms with Crippen LogP contribution in [0.1, 0.15) is 84.5 Å². The van der Waals surface area contributed by atoms with Gasteiger partial charge in [0.15, 0.2) is 0 Å². The van der Waals surface area contributed by atoms with Gasteiger partial charge in [-0.25, -0.2) is 9.78 Å². The first kappa shape index (κ1) is 40.3. The molecule has 0 aliphatic rings. The van der Waals surface area contributed by atoms with Crippen LogP contribution in [0.25, 0.3) is 9.53 Å². The summed E-state index contributed by atoms with van der Waals surface area (Å²) in [6, 6.07) is 17.4. The Hall–Kier alpha value is -4.49. The van der Waals surface area contributed by atoms with Gasteiger partial charge in [0, 0.05) is 24.7 Å². The summed E-state index contributed by atoms with van der Waals surface area (Å²) in [5.41, 5.74) is 2.49. The van der Waals surface area contributed by atoms with Crippen LogP contribution in [-0.4, -0.2) is 49.8 Å². The minimum absolute atomic E-state index is 0.0996. The fraction of sp³-hybridized carbons (Fsp3) is 0.462. The summed E-state index contributed by atoms with van der Waals surface area (Å²) >= 11 is 2.92. The number of hydrogen-bond acceptors (Lipinski definition) is 13. The van der Waals surface area contributed by atoms with E-state index in [1.54, 1.807) is 0 Å². The Balaban J connectivity index is 1.10. The molecule has 278 valence electrons. The first-order chi connectivity index (χ1) is 25.5. The fourth-order valence-electron chi connectivity index (χ4n) is 5.23. The molecule has 0 saturated carbocycles. The monoisotopic (exact) mass is 746 g/mol. The van der Waals surface area contributed by atoms with Gasteiger partial charge in [0.05, 0.1) is 35.8 Å². The third-order valence-corrected chi connectivity index (χ3v) is 10.1. The Morgan fingerprint density at radius 3 is 1.98 bits per heavy atom. The molecule has 0 aliphatic carbocycles. The summed E-state index contributed by atoms with van der Waals surface area (Å²) in [7, 11) is 0. The maximum atomic E-state index is 11.3. The molecule has 0 unspecified atom stereocenters. The van der Waals surface area contributed by atoms with Gasteiger partial charge in [-0.05, 0) is 74.4 Å². The normalized spacial score (nSPS) is 11.4. The summed E-state index contributed by atoms with van der Waals surface area (Å²) < 4.78 is 17.1. The number of hydrogen-bond donors (Lipinski definition) is 0. The predicted molar refractivity (Wildman–Crippen MR) is 211 cm³/mol. The number of fused-ring (bicyclic) bond motifs is 1. The van der Waals surface area contributed by atoms with Crippen LogP contribution < -0.4 is 9.64 Å². The third kappa shape index (κ3) is 14.6. The van der Waals surface area contributed by atoms with E-state index >= 15 is 0 Å². The van der Waals surface area contributed by atoms with Crippen molar-refractivity contribution in [2.45, 2.75) is 84.5 Å². The lowest BCUT2D eigenvalue weighted by Gasteiger charge is -2.22. The van der Waals surface area contributed by atoms with Crippen LogP contribution in [0, 0.1) is 0 Å². The highest BCUT2D eigenvalue weighted by molar-refractivity contribution is 7.30. The topological polar surface area (TPSA) is 127 Å². The zero-order valence-corrected chi connectivity index (χ0v) is 32.0. The number of rotatable bonds is 25. The van der Waals surface area contributed by atoms with Gasteiger partial charge in [-0.3, -0.25) is 4.79 Å². The van der Waals surface area contributed by atoms with Gasteiger partial charge < -0.3 is 19.1 Å². The molecule has 4 aromatic rings. The van der Waals surface area contributed by atoms with E-state index in [1.807, 2.05) is 68.4 Å². The third-order valence-electron chi connectivity index (χ3n) is 8.14. The molecule has 0 amide bonds. The van der Waals surface area contributed by atoms with Crippen LogP contribution in [0.5, 0.6) is 5.75 Å². The van der Waals surface area contributed by atoms with E-state index in [2.05, 4.69) is 36.9 Å². The molecule has 0 spiro atoms. The second-order valence-corrected chi connectivity index (χ2v) is 14.1. The molecule has 4 rings (SSSR count). The molecule has 0 radical (unpaired) electrons. The van der Waals surface area contributed by atoms with Crippen LogP contribution in [0.3, 0.4) is 0 Å². The van der Waals surface area contributed by atoms with Crippen LogP contribution in [-0.2, 0) is 19.1 Å². The lowest BCUT2D eigenvalue weighted by molar-refractivity contribution is -0.143. The first-order valence-corrected chi connectivity index (χ1v) is 19.9. The summed E-state index contributed by atoms with van der Waals surface area (Å²) in [5.74, 6) is 0.321. The Kier molecular flexibility index (Phi) is 17.9. The number of aromatic nitrogens is 1. The predicted octanol–water partition coefficient (Wildman–Crippen LogP) is 12.0. The van der Waals surface area contributed by atoms with E-state index in [9.17, 15) is 9.59 Å². The van der Waals surface area contributed by atoms with E-state index in [0.29, 0.717) is 37.9 Å². The lowest BCUT2D eigenvalue weighted by Crippen LogP contribution is -2.27. The molecule has 2 aromatic heterocycles. The highest BCUT2D eigenvalue weighted by Gasteiger charge is 2.09. The molecule has 0 saturated heterocycles. The van der Waals surface area contributed by atoms with Gasteiger partial charge >= 0.3 is 11.9 Å². The number of ether oxygens (including phenoxy) is 3. The van der Waals surface area contributed by atoms with Crippen molar-refractivity contribution in [3.8, 4) is 5.75 Å². The van der Waals surface area contributed by atoms with Crippen molar-refractivity contribution in [2.24, 2.45) is 20.5 Å². The maximum Gasteiger partial charge on any atom is 0.330 e. The number of anilines is 1. The minimum atomic E-state index is -0.421. The SMILES string of the molecule is C=CC(=O)OCCN(CC)c1ccc(N=Nc2nc3sc(N=Nc4ccc(OCCCCCCCCCCCCOC(=O)CC)cc4)cc3s2)cc1. The number of carbonyl (C=O) groups is 2. The zero-order valence-electron chi connectivity index (χ0n) is 30.3. The summed E-state index contributed by atoms with van der Waals surface area (Å²) in [5, 5.41) is 18.9.